The van der Waals surface area contributed by atoms with E-state index >= 15 is 0 Å². The molecule has 0 bridgehead atoms. The number of hydrogen-bond donors (Lipinski definition) is 2. The Labute approximate surface area is 242 Å². The maximum absolute atomic E-state index is 12.3. The molecule has 2 N–H and O–H groups in total. The van der Waals surface area contributed by atoms with Crippen molar-refractivity contribution in [2.24, 2.45) is 0 Å². The van der Waals surface area contributed by atoms with Crippen molar-refractivity contribution in [3.63, 3.8) is 0 Å². The van der Waals surface area contributed by atoms with Gasteiger partial charge in [-0.2, -0.15) is 0 Å². The van der Waals surface area contributed by atoms with Crippen LogP contribution in [0.3, 0.4) is 0 Å². The molecule has 0 saturated heterocycles. The van der Waals surface area contributed by atoms with Gasteiger partial charge in [0, 0.05) is 61.1 Å². The van der Waals surface area contributed by atoms with Crippen LogP contribution >= 0.6 is 0 Å². The molecule has 9 heteroatoms. The number of nitrogens with zero attached hydrogens (tertiary/aromatic N) is 5. The van der Waals surface area contributed by atoms with E-state index in [4.69, 9.17) is 9.72 Å². The summed E-state index contributed by atoms with van der Waals surface area (Å²) in [6.45, 7) is 10.5. The molecule has 0 saturated carbocycles. The van der Waals surface area contributed by atoms with Crippen LogP contribution in [0.4, 0.5) is 23.0 Å². The average Bonchev–Trinajstić information content (AvgIpc) is 3.29. The molecular formula is C32H41N7O2. The highest BCUT2D eigenvalue weighted by molar-refractivity contribution is 6.02. The molecule has 1 amide bonds. The lowest BCUT2D eigenvalue weighted by Gasteiger charge is -2.26. The van der Waals surface area contributed by atoms with Gasteiger partial charge < -0.3 is 29.7 Å². The summed E-state index contributed by atoms with van der Waals surface area (Å²) < 4.78 is 8.15. The molecule has 2 aromatic heterocycles. The first-order valence-electron chi connectivity index (χ1n) is 14.0. The van der Waals surface area contributed by atoms with E-state index < -0.39 is 0 Å². The molecule has 4 aromatic rings. The number of para-hydroxylation sites is 1. The summed E-state index contributed by atoms with van der Waals surface area (Å²) in [5, 5.41) is 7.47. The van der Waals surface area contributed by atoms with Crippen molar-refractivity contribution in [1.29, 1.82) is 0 Å². The third-order valence-corrected chi connectivity index (χ3v) is 7.09. The van der Waals surface area contributed by atoms with Crippen LogP contribution < -0.4 is 20.3 Å². The molecule has 0 aliphatic rings. The zero-order valence-corrected chi connectivity index (χ0v) is 25.0. The minimum absolute atomic E-state index is 0.294. The molecule has 0 aliphatic heterocycles. The molecule has 0 fully saturated rings. The van der Waals surface area contributed by atoms with Gasteiger partial charge in [-0.05, 0) is 51.7 Å². The third-order valence-electron chi connectivity index (χ3n) is 7.09. The van der Waals surface area contributed by atoms with Crippen molar-refractivity contribution in [2.45, 2.75) is 33.2 Å². The molecular weight excluding hydrogens is 514 g/mol. The minimum atomic E-state index is -0.294. The van der Waals surface area contributed by atoms with E-state index in [0.717, 1.165) is 49.4 Å². The number of carbonyl (C=O) groups excluding carboxylic acids is 1. The molecule has 41 heavy (non-hydrogen) atoms. The Bertz CT molecular complexity index is 1530. The highest BCUT2D eigenvalue weighted by Gasteiger charge is 2.20. The standard InChI is InChI=1S/C32H41N7O2/c1-8-13-27-31(22-14-11-12-15-26(22)39(27)10-3)23-16-17-33-32(35-23)36-25-20-24(34-30(40)9-2)28(21-29(25)41-7)38(6)19-18-37(4)5/h9,11-12,14-17,20-21H,2,8,10,13,18-19H2,1,3-7H3,(H,34,40)(H,33,35,36). The van der Waals surface area contributed by atoms with Gasteiger partial charge in [0.05, 0.1) is 29.9 Å². The number of likely N-dealkylation sites (N-methyl/N-ethyl adjacent to an activating group) is 2. The second-order valence-corrected chi connectivity index (χ2v) is 10.2. The van der Waals surface area contributed by atoms with Crippen LogP contribution in [-0.2, 0) is 17.8 Å². The molecule has 2 aromatic carbocycles. The lowest BCUT2D eigenvalue weighted by Crippen LogP contribution is -2.29. The number of benzene rings is 2. The topological polar surface area (TPSA) is 87.5 Å². The predicted molar refractivity (Wildman–Crippen MR) is 170 cm³/mol. The number of aryl methyl sites for hydroxylation is 1. The molecule has 9 nitrogen and oxygen atoms in total. The van der Waals surface area contributed by atoms with Crippen molar-refractivity contribution >= 4 is 39.8 Å². The van der Waals surface area contributed by atoms with Gasteiger partial charge in [-0.15, -0.1) is 0 Å². The highest BCUT2D eigenvalue weighted by atomic mass is 16.5. The van der Waals surface area contributed by atoms with Gasteiger partial charge in [-0.1, -0.05) is 38.1 Å². The third kappa shape index (κ3) is 6.52. The van der Waals surface area contributed by atoms with Crippen molar-refractivity contribution in [1.82, 2.24) is 19.4 Å². The van der Waals surface area contributed by atoms with Crippen LogP contribution in [0.1, 0.15) is 26.0 Å². The molecule has 216 valence electrons. The van der Waals surface area contributed by atoms with Crippen LogP contribution in [-0.4, -0.2) is 66.7 Å². The Morgan fingerprint density at radius 2 is 1.88 bits per heavy atom. The fourth-order valence-electron chi connectivity index (χ4n) is 5.08. The molecule has 0 spiro atoms. The van der Waals surface area contributed by atoms with Crippen molar-refractivity contribution < 1.29 is 9.53 Å². The maximum atomic E-state index is 12.3. The highest BCUT2D eigenvalue weighted by Crippen LogP contribution is 2.39. The SMILES string of the molecule is C=CC(=O)Nc1cc(Nc2nccc(-c3c(CCC)n(CC)c4ccccc34)n2)c(OC)cc1N(C)CCN(C)C. The largest absolute Gasteiger partial charge is 0.494 e. The second-order valence-electron chi connectivity index (χ2n) is 10.2. The quantitative estimate of drug-likeness (QED) is 0.197. The minimum Gasteiger partial charge on any atom is -0.494 e. The van der Waals surface area contributed by atoms with Gasteiger partial charge in [0.15, 0.2) is 0 Å². The first kappa shape index (κ1) is 29.6. The first-order chi connectivity index (χ1) is 19.8. The Balaban J connectivity index is 1.77. The van der Waals surface area contributed by atoms with Gasteiger partial charge in [0.25, 0.3) is 0 Å². The van der Waals surface area contributed by atoms with Gasteiger partial charge in [0.2, 0.25) is 11.9 Å². The van der Waals surface area contributed by atoms with Crippen LogP contribution in [0.2, 0.25) is 0 Å². The summed E-state index contributed by atoms with van der Waals surface area (Å²) in [4.78, 5) is 26.0. The number of ether oxygens (including phenoxy) is 1. The summed E-state index contributed by atoms with van der Waals surface area (Å²) >= 11 is 0. The predicted octanol–water partition coefficient (Wildman–Crippen LogP) is 5.95. The van der Waals surface area contributed by atoms with Crippen LogP contribution in [0.15, 0.2) is 61.3 Å². The molecule has 0 unspecified atom stereocenters. The fourth-order valence-corrected chi connectivity index (χ4v) is 5.08. The number of amides is 1. The second kappa shape index (κ2) is 13.3. The maximum Gasteiger partial charge on any atom is 0.247 e. The monoisotopic (exact) mass is 555 g/mol. The van der Waals surface area contributed by atoms with Gasteiger partial charge in [-0.25, -0.2) is 9.97 Å². The van der Waals surface area contributed by atoms with Crippen molar-refractivity contribution in [2.75, 3.05) is 56.9 Å². The average molecular weight is 556 g/mol. The number of nitrogens with one attached hydrogen (secondary N) is 2. The first-order valence-corrected chi connectivity index (χ1v) is 14.0. The van der Waals surface area contributed by atoms with Crippen LogP contribution in [0, 0.1) is 0 Å². The van der Waals surface area contributed by atoms with Gasteiger partial charge >= 0.3 is 0 Å². The van der Waals surface area contributed by atoms with Crippen molar-refractivity contribution in [3.8, 4) is 17.0 Å². The lowest BCUT2D eigenvalue weighted by molar-refractivity contribution is -0.111. The fraction of sp³-hybridized carbons (Fsp3) is 0.344. The van der Waals surface area contributed by atoms with E-state index in [0.29, 0.717) is 23.1 Å². The normalized spacial score (nSPS) is 11.1. The van der Waals surface area contributed by atoms with Gasteiger partial charge in [0.1, 0.15) is 5.75 Å². The van der Waals surface area contributed by atoms with Gasteiger partial charge in [-0.3, -0.25) is 4.79 Å². The molecule has 0 radical (unpaired) electrons. The number of rotatable bonds is 13. The summed E-state index contributed by atoms with van der Waals surface area (Å²) in [6.07, 6.45) is 5.02. The van der Waals surface area contributed by atoms with E-state index in [1.807, 2.05) is 39.3 Å². The van der Waals surface area contributed by atoms with E-state index in [1.54, 1.807) is 13.3 Å². The van der Waals surface area contributed by atoms with Crippen LogP contribution in [0.25, 0.3) is 22.2 Å². The summed E-state index contributed by atoms with van der Waals surface area (Å²) in [5.74, 6) is 0.750. The number of aromatic nitrogens is 3. The zero-order chi connectivity index (χ0) is 29.5. The van der Waals surface area contributed by atoms with Crippen molar-refractivity contribution in [3.05, 3.63) is 67.0 Å². The number of anilines is 4. The van der Waals surface area contributed by atoms with E-state index in [9.17, 15) is 4.79 Å². The van der Waals surface area contributed by atoms with E-state index in [-0.39, 0.29) is 5.91 Å². The number of carbonyl (C=O) groups is 1. The van der Waals surface area contributed by atoms with Crippen LogP contribution in [0.5, 0.6) is 5.75 Å². The number of fused-ring (bicyclic) bond motifs is 1. The Morgan fingerprint density at radius 1 is 1.10 bits per heavy atom. The molecule has 0 atom stereocenters. The molecule has 2 heterocycles. The molecule has 4 rings (SSSR count). The Hall–Kier alpha value is -4.37. The number of hydrogen-bond acceptors (Lipinski definition) is 7. The Kier molecular flexibility index (Phi) is 9.62. The summed E-state index contributed by atoms with van der Waals surface area (Å²) in [6, 6.07) is 14.2. The number of methoxy groups -OCH3 is 1. The summed E-state index contributed by atoms with van der Waals surface area (Å²) in [7, 11) is 7.67. The summed E-state index contributed by atoms with van der Waals surface area (Å²) in [5.41, 5.74) is 6.57. The Morgan fingerprint density at radius 3 is 2.56 bits per heavy atom. The smallest absolute Gasteiger partial charge is 0.247 e. The molecule has 0 aliphatic carbocycles. The van der Waals surface area contributed by atoms with E-state index in [2.05, 4.69) is 74.7 Å². The zero-order valence-electron chi connectivity index (χ0n) is 25.0. The van der Waals surface area contributed by atoms with E-state index in [1.165, 1.54) is 22.7 Å². The lowest BCUT2D eigenvalue weighted by atomic mass is 10.0.